The molecule has 0 unspecified atom stereocenters. The van der Waals surface area contributed by atoms with Gasteiger partial charge in [0.1, 0.15) is 0 Å². The summed E-state index contributed by atoms with van der Waals surface area (Å²) in [5, 5.41) is 6.81. The van der Waals surface area contributed by atoms with Crippen LogP contribution in [0.2, 0.25) is 0 Å². The summed E-state index contributed by atoms with van der Waals surface area (Å²) in [6.45, 7) is 3.21. The van der Waals surface area contributed by atoms with Gasteiger partial charge in [-0.05, 0) is 36.6 Å². The predicted octanol–water partition coefficient (Wildman–Crippen LogP) is 2.42. The summed E-state index contributed by atoms with van der Waals surface area (Å²) in [6.07, 6.45) is 5.29. The minimum Gasteiger partial charge on any atom is -0.472 e. The smallest absolute Gasteiger partial charge is 0.231 e. The molecule has 1 aromatic carbocycles. The normalized spacial score (nSPS) is 18.3. The molecule has 0 amide bonds. The molecule has 1 saturated heterocycles. The van der Waals surface area contributed by atoms with Crippen molar-refractivity contribution >= 4 is 5.96 Å². The van der Waals surface area contributed by atoms with Crippen molar-refractivity contribution in [2.45, 2.75) is 24.8 Å². The third-order valence-electron chi connectivity index (χ3n) is 5.29. The molecule has 2 aromatic rings. The van der Waals surface area contributed by atoms with Gasteiger partial charge in [-0.3, -0.25) is 4.99 Å². The van der Waals surface area contributed by atoms with Gasteiger partial charge in [0.05, 0.1) is 12.5 Å². The van der Waals surface area contributed by atoms with Gasteiger partial charge in [-0.15, -0.1) is 0 Å². The lowest BCUT2D eigenvalue weighted by atomic mass is 9.74. The fraction of sp³-hybridized carbons (Fsp3) is 0.450. The molecule has 27 heavy (non-hydrogen) atoms. The van der Waals surface area contributed by atoms with Crippen LogP contribution in [-0.4, -0.2) is 39.6 Å². The maximum atomic E-state index is 5.63. The molecule has 0 atom stereocenters. The van der Waals surface area contributed by atoms with Crippen molar-refractivity contribution in [2.24, 2.45) is 4.99 Å². The molecule has 2 aliphatic rings. The maximum Gasteiger partial charge on any atom is 0.231 e. The van der Waals surface area contributed by atoms with Gasteiger partial charge in [-0.1, -0.05) is 6.07 Å². The summed E-state index contributed by atoms with van der Waals surface area (Å²) in [5.41, 5.74) is 2.29. The summed E-state index contributed by atoms with van der Waals surface area (Å²) < 4.78 is 21.8. The summed E-state index contributed by atoms with van der Waals surface area (Å²) >= 11 is 0. The van der Waals surface area contributed by atoms with Gasteiger partial charge in [0.2, 0.25) is 6.79 Å². The fourth-order valence-corrected chi connectivity index (χ4v) is 3.61. The van der Waals surface area contributed by atoms with Crippen molar-refractivity contribution in [2.75, 3.05) is 33.6 Å². The second-order valence-electron chi connectivity index (χ2n) is 6.87. The number of nitrogens with zero attached hydrogens (tertiary/aromatic N) is 1. The zero-order valence-electron chi connectivity index (χ0n) is 15.5. The van der Waals surface area contributed by atoms with E-state index in [-0.39, 0.29) is 12.2 Å². The Labute approximate surface area is 158 Å². The molecule has 7 heteroatoms. The summed E-state index contributed by atoms with van der Waals surface area (Å²) in [6, 6.07) is 8.19. The largest absolute Gasteiger partial charge is 0.472 e. The number of hydrogen-bond acceptors (Lipinski definition) is 5. The van der Waals surface area contributed by atoms with E-state index in [1.54, 1.807) is 19.6 Å². The van der Waals surface area contributed by atoms with E-state index < -0.39 is 0 Å². The Hall–Kier alpha value is -2.67. The molecule has 2 aliphatic heterocycles. The van der Waals surface area contributed by atoms with Crippen LogP contribution in [0.3, 0.4) is 0 Å². The first-order valence-electron chi connectivity index (χ1n) is 9.23. The van der Waals surface area contributed by atoms with Crippen molar-refractivity contribution in [3.63, 3.8) is 0 Å². The third kappa shape index (κ3) is 3.88. The van der Waals surface area contributed by atoms with Crippen LogP contribution in [0.1, 0.15) is 24.0 Å². The Bertz CT molecular complexity index is 783. The highest BCUT2D eigenvalue weighted by Gasteiger charge is 2.35. The van der Waals surface area contributed by atoms with E-state index in [9.17, 15) is 0 Å². The number of aliphatic imine (C=N–C) groups is 1. The van der Waals surface area contributed by atoms with Gasteiger partial charge in [0.25, 0.3) is 0 Å². The molecule has 0 spiro atoms. The molecule has 144 valence electrons. The van der Waals surface area contributed by atoms with E-state index in [4.69, 9.17) is 18.6 Å². The minimum absolute atomic E-state index is 0.0352. The molecule has 0 saturated carbocycles. The van der Waals surface area contributed by atoms with Gasteiger partial charge in [-0.25, -0.2) is 0 Å². The fourth-order valence-electron chi connectivity index (χ4n) is 3.61. The zero-order valence-corrected chi connectivity index (χ0v) is 15.5. The van der Waals surface area contributed by atoms with E-state index in [2.05, 4.69) is 27.8 Å². The highest BCUT2D eigenvalue weighted by molar-refractivity contribution is 5.79. The molecular weight excluding hydrogens is 346 g/mol. The van der Waals surface area contributed by atoms with Crippen LogP contribution in [-0.2, 0) is 16.7 Å². The number of benzene rings is 1. The molecule has 1 aromatic heterocycles. The lowest BCUT2D eigenvalue weighted by Crippen LogP contribution is -2.47. The van der Waals surface area contributed by atoms with Gasteiger partial charge < -0.3 is 29.3 Å². The number of ether oxygens (including phenoxy) is 3. The lowest BCUT2D eigenvalue weighted by molar-refractivity contribution is 0.0513. The summed E-state index contributed by atoms with van der Waals surface area (Å²) in [4.78, 5) is 4.34. The van der Waals surface area contributed by atoms with Crippen LogP contribution in [0.25, 0.3) is 0 Å². The molecular formula is C20H25N3O4. The van der Waals surface area contributed by atoms with Crippen molar-refractivity contribution in [3.05, 3.63) is 47.9 Å². The second-order valence-corrected chi connectivity index (χ2v) is 6.87. The van der Waals surface area contributed by atoms with Crippen molar-refractivity contribution < 1.29 is 18.6 Å². The van der Waals surface area contributed by atoms with Crippen molar-refractivity contribution in [1.29, 1.82) is 0 Å². The van der Waals surface area contributed by atoms with Crippen LogP contribution < -0.4 is 20.1 Å². The zero-order chi connectivity index (χ0) is 18.5. The average molecular weight is 371 g/mol. The van der Waals surface area contributed by atoms with E-state index in [1.807, 2.05) is 12.1 Å². The highest BCUT2D eigenvalue weighted by atomic mass is 16.7. The number of furan rings is 1. The maximum absolute atomic E-state index is 5.63. The second kappa shape index (κ2) is 7.92. The molecule has 4 rings (SSSR count). The van der Waals surface area contributed by atoms with E-state index in [1.165, 1.54) is 5.56 Å². The van der Waals surface area contributed by atoms with Crippen LogP contribution in [0.5, 0.6) is 11.5 Å². The summed E-state index contributed by atoms with van der Waals surface area (Å²) in [5.74, 6) is 2.40. The van der Waals surface area contributed by atoms with E-state index >= 15 is 0 Å². The van der Waals surface area contributed by atoms with Crippen molar-refractivity contribution in [1.82, 2.24) is 10.6 Å². The Kier molecular flexibility index (Phi) is 5.20. The van der Waals surface area contributed by atoms with Crippen molar-refractivity contribution in [3.8, 4) is 11.5 Å². The van der Waals surface area contributed by atoms with Crippen LogP contribution in [0.4, 0.5) is 0 Å². The molecule has 7 nitrogen and oxygen atoms in total. The van der Waals surface area contributed by atoms with Crippen LogP contribution in [0, 0.1) is 0 Å². The molecule has 0 radical (unpaired) electrons. The number of guanidine groups is 1. The van der Waals surface area contributed by atoms with E-state index in [0.29, 0.717) is 6.54 Å². The predicted molar refractivity (Wildman–Crippen MR) is 101 cm³/mol. The summed E-state index contributed by atoms with van der Waals surface area (Å²) in [7, 11) is 1.78. The molecule has 0 bridgehead atoms. The molecule has 2 N–H and O–H groups in total. The molecule has 1 fully saturated rings. The van der Waals surface area contributed by atoms with Crippen LogP contribution in [0.15, 0.2) is 46.2 Å². The number of fused-ring (bicyclic) bond motifs is 1. The number of nitrogens with one attached hydrogen (secondary N) is 2. The Morgan fingerprint density at radius 3 is 2.74 bits per heavy atom. The third-order valence-corrected chi connectivity index (χ3v) is 5.29. The number of hydrogen-bond donors (Lipinski definition) is 2. The minimum atomic E-state index is -0.0352. The first kappa shape index (κ1) is 17.7. The molecule has 3 heterocycles. The number of rotatable bonds is 5. The lowest BCUT2D eigenvalue weighted by Gasteiger charge is -2.38. The van der Waals surface area contributed by atoms with Gasteiger partial charge >= 0.3 is 0 Å². The Morgan fingerprint density at radius 1 is 1.11 bits per heavy atom. The monoisotopic (exact) mass is 371 g/mol. The Balaban J connectivity index is 1.47. The van der Waals surface area contributed by atoms with E-state index in [0.717, 1.165) is 55.6 Å². The van der Waals surface area contributed by atoms with Gasteiger partial charge in [0.15, 0.2) is 17.5 Å². The highest BCUT2D eigenvalue weighted by Crippen LogP contribution is 2.40. The average Bonchev–Trinajstić information content (AvgIpc) is 3.40. The SMILES string of the molecule is CN=C(NCc1ccoc1)NCC1(c2ccc3c(c2)OCO3)CCOCC1. The molecule has 0 aliphatic carbocycles. The first-order chi connectivity index (χ1) is 13.3. The van der Waals surface area contributed by atoms with Gasteiger partial charge in [-0.2, -0.15) is 0 Å². The first-order valence-corrected chi connectivity index (χ1v) is 9.23. The van der Waals surface area contributed by atoms with Crippen LogP contribution >= 0.6 is 0 Å². The standard InChI is InChI=1S/C20H25N3O4/c1-21-19(22-11-15-4-7-25-12-15)23-13-20(5-8-24-9-6-20)16-2-3-17-18(10-16)27-14-26-17/h2-4,7,10,12H,5-6,8-9,11,13-14H2,1H3,(H2,21,22,23). The Morgan fingerprint density at radius 2 is 1.96 bits per heavy atom. The quantitative estimate of drug-likeness (QED) is 0.621. The van der Waals surface area contributed by atoms with Gasteiger partial charge in [0, 0.05) is 44.3 Å². The topological polar surface area (TPSA) is 77.3 Å².